The molecule has 0 saturated carbocycles. The maximum Gasteiger partial charge on any atom is 0.335 e. The molecular weight excluding hydrogens is 200 g/mol. The Kier molecular flexibility index (Phi) is 3.17. The summed E-state index contributed by atoms with van der Waals surface area (Å²) in [5, 5.41) is 8.80. The first-order valence-corrected chi connectivity index (χ1v) is 4.86. The van der Waals surface area contributed by atoms with Crippen LogP contribution in [0.3, 0.4) is 0 Å². The number of carbonyl (C=O) groups is 1. The lowest BCUT2D eigenvalue weighted by molar-refractivity contribution is 0.0696. The molecule has 0 radical (unpaired) electrons. The van der Waals surface area contributed by atoms with Gasteiger partial charge in [0.05, 0.1) is 10.9 Å². The number of halogens is 1. The fourth-order valence-corrected chi connectivity index (χ4v) is 1.74. The van der Waals surface area contributed by atoms with E-state index in [1.54, 1.807) is 12.1 Å². The van der Waals surface area contributed by atoms with Crippen LogP contribution in [0.1, 0.15) is 39.3 Å². The van der Waals surface area contributed by atoms with Crippen molar-refractivity contribution in [3.05, 3.63) is 34.4 Å². The highest BCUT2D eigenvalue weighted by Gasteiger charge is 2.13. The Morgan fingerprint density at radius 2 is 1.93 bits per heavy atom. The zero-order valence-electron chi connectivity index (χ0n) is 8.47. The molecule has 0 fully saturated rings. The van der Waals surface area contributed by atoms with Crippen LogP contribution in [0.2, 0.25) is 0 Å². The first-order chi connectivity index (χ1) is 6.45. The second-order valence-corrected chi connectivity index (χ2v) is 4.03. The molecular formula is C11H13ClO2. The monoisotopic (exact) mass is 212 g/mol. The van der Waals surface area contributed by atoms with Crippen LogP contribution in [0.25, 0.3) is 0 Å². The van der Waals surface area contributed by atoms with Crippen LogP contribution in [0.15, 0.2) is 12.1 Å². The number of carboxylic acids is 1. The second-order valence-electron chi connectivity index (χ2n) is 3.37. The molecule has 0 aromatic heterocycles. The molecule has 0 amide bonds. The number of carboxylic acid groups (broad SMARTS) is 1. The van der Waals surface area contributed by atoms with Gasteiger partial charge in [0.2, 0.25) is 0 Å². The molecule has 1 atom stereocenters. The van der Waals surface area contributed by atoms with Crippen LogP contribution in [-0.2, 0) is 0 Å². The molecule has 0 aliphatic heterocycles. The Labute approximate surface area is 88.5 Å². The summed E-state index contributed by atoms with van der Waals surface area (Å²) in [6, 6.07) is 3.39. The molecule has 14 heavy (non-hydrogen) atoms. The normalized spacial score (nSPS) is 12.6. The van der Waals surface area contributed by atoms with Crippen LogP contribution < -0.4 is 0 Å². The summed E-state index contributed by atoms with van der Waals surface area (Å²) in [4.78, 5) is 10.8. The van der Waals surface area contributed by atoms with Gasteiger partial charge >= 0.3 is 5.97 Å². The third kappa shape index (κ3) is 1.90. The van der Waals surface area contributed by atoms with E-state index in [-0.39, 0.29) is 5.38 Å². The Morgan fingerprint density at radius 3 is 2.36 bits per heavy atom. The largest absolute Gasteiger partial charge is 0.478 e. The van der Waals surface area contributed by atoms with Crippen molar-refractivity contribution >= 4 is 17.6 Å². The van der Waals surface area contributed by atoms with Gasteiger partial charge in [0.1, 0.15) is 0 Å². The molecule has 1 rings (SSSR count). The molecule has 1 aromatic carbocycles. The van der Waals surface area contributed by atoms with Crippen molar-refractivity contribution in [1.29, 1.82) is 0 Å². The minimum absolute atomic E-state index is 0.0865. The number of aromatic carboxylic acids is 1. The van der Waals surface area contributed by atoms with E-state index < -0.39 is 5.97 Å². The Morgan fingerprint density at radius 1 is 1.36 bits per heavy atom. The van der Waals surface area contributed by atoms with Crippen molar-refractivity contribution in [2.45, 2.75) is 26.1 Å². The van der Waals surface area contributed by atoms with Gasteiger partial charge in [-0.3, -0.25) is 0 Å². The lowest BCUT2D eigenvalue weighted by Gasteiger charge is -2.12. The SMILES string of the molecule is Cc1c(C(=O)O)ccc(C(C)Cl)c1C. The van der Waals surface area contributed by atoms with Crippen LogP contribution >= 0.6 is 11.6 Å². The van der Waals surface area contributed by atoms with Gasteiger partial charge in [0.25, 0.3) is 0 Å². The van der Waals surface area contributed by atoms with E-state index >= 15 is 0 Å². The summed E-state index contributed by atoms with van der Waals surface area (Å²) in [7, 11) is 0. The van der Waals surface area contributed by atoms with E-state index in [4.69, 9.17) is 16.7 Å². The minimum Gasteiger partial charge on any atom is -0.478 e. The van der Waals surface area contributed by atoms with Crippen LogP contribution in [0.4, 0.5) is 0 Å². The molecule has 1 aromatic rings. The van der Waals surface area contributed by atoms with E-state index in [9.17, 15) is 4.79 Å². The third-order valence-electron chi connectivity index (χ3n) is 2.49. The predicted octanol–water partition coefficient (Wildman–Crippen LogP) is 3.30. The van der Waals surface area contributed by atoms with Gasteiger partial charge in [-0.25, -0.2) is 4.79 Å². The minimum atomic E-state index is -0.889. The standard InChI is InChI=1S/C11H13ClO2/c1-6-7(2)10(11(13)14)5-4-9(6)8(3)12/h4-5,8H,1-3H3,(H,13,14). The summed E-state index contributed by atoms with van der Waals surface area (Å²) in [6.07, 6.45) is 0. The van der Waals surface area contributed by atoms with Gasteiger partial charge < -0.3 is 5.11 Å². The zero-order valence-corrected chi connectivity index (χ0v) is 9.22. The highest BCUT2D eigenvalue weighted by atomic mass is 35.5. The molecule has 1 N–H and O–H groups in total. The van der Waals surface area contributed by atoms with Crippen molar-refractivity contribution in [1.82, 2.24) is 0 Å². The molecule has 3 heteroatoms. The molecule has 76 valence electrons. The molecule has 0 bridgehead atoms. The first-order valence-electron chi connectivity index (χ1n) is 4.42. The van der Waals surface area contributed by atoms with Crippen molar-refractivity contribution < 1.29 is 9.90 Å². The van der Waals surface area contributed by atoms with Gasteiger partial charge in [0.15, 0.2) is 0 Å². The van der Waals surface area contributed by atoms with Gasteiger partial charge in [-0.15, -0.1) is 11.6 Å². The van der Waals surface area contributed by atoms with Gasteiger partial charge in [0, 0.05) is 0 Å². The van der Waals surface area contributed by atoms with Crippen LogP contribution in [0.5, 0.6) is 0 Å². The average Bonchev–Trinajstić information content (AvgIpc) is 2.08. The molecule has 0 heterocycles. The molecule has 0 saturated heterocycles. The highest BCUT2D eigenvalue weighted by Crippen LogP contribution is 2.26. The summed E-state index contributed by atoms with van der Waals surface area (Å²) < 4.78 is 0. The smallest absolute Gasteiger partial charge is 0.335 e. The second kappa shape index (κ2) is 4.01. The van der Waals surface area contributed by atoms with Gasteiger partial charge in [-0.1, -0.05) is 6.07 Å². The first kappa shape index (κ1) is 11.1. The molecule has 1 unspecified atom stereocenters. The Bertz CT molecular complexity index is 370. The number of rotatable bonds is 2. The fraction of sp³-hybridized carbons (Fsp3) is 0.364. The fourth-order valence-electron chi connectivity index (χ4n) is 1.50. The Hall–Kier alpha value is -1.02. The summed E-state index contributed by atoms with van der Waals surface area (Å²) in [6.45, 7) is 5.58. The van der Waals surface area contributed by atoms with E-state index in [1.807, 2.05) is 20.8 Å². The predicted molar refractivity (Wildman–Crippen MR) is 57.1 cm³/mol. The summed E-state index contributed by atoms with van der Waals surface area (Å²) in [5.41, 5.74) is 3.10. The van der Waals surface area contributed by atoms with Crippen molar-refractivity contribution in [2.75, 3.05) is 0 Å². The summed E-state index contributed by atoms with van der Waals surface area (Å²) >= 11 is 5.96. The van der Waals surface area contributed by atoms with E-state index in [2.05, 4.69) is 0 Å². The molecule has 0 spiro atoms. The number of benzene rings is 1. The quantitative estimate of drug-likeness (QED) is 0.764. The van der Waals surface area contributed by atoms with Gasteiger partial charge in [-0.05, 0) is 43.5 Å². The number of hydrogen-bond donors (Lipinski definition) is 1. The number of hydrogen-bond acceptors (Lipinski definition) is 1. The Balaban J connectivity index is 3.33. The van der Waals surface area contributed by atoms with Crippen LogP contribution in [-0.4, -0.2) is 11.1 Å². The van der Waals surface area contributed by atoms with E-state index in [0.717, 1.165) is 16.7 Å². The van der Waals surface area contributed by atoms with Crippen molar-refractivity contribution in [2.24, 2.45) is 0 Å². The van der Waals surface area contributed by atoms with Crippen LogP contribution in [0, 0.1) is 13.8 Å². The number of alkyl halides is 1. The van der Waals surface area contributed by atoms with E-state index in [0.29, 0.717) is 5.56 Å². The average molecular weight is 213 g/mol. The molecule has 0 aliphatic rings. The summed E-state index contributed by atoms with van der Waals surface area (Å²) in [5.74, 6) is -0.889. The zero-order chi connectivity index (χ0) is 10.9. The maximum absolute atomic E-state index is 10.8. The lowest BCUT2D eigenvalue weighted by atomic mass is 9.96. The highest BCUT2D eigenvalue weighted by molar-refractivity contribution is 6.20. The topological polar surface area (TPSA) is 37.3 Å². The third-order valence-corrected chi connectivity index (χ3v) is 2.72. The maximum atomic E-state index is 10.8. The van der Waals surface area contributed by atoms with E-state index in [1.165, 1.54) is 0 Å². The molecule has 2 nitrogen and oxygen atoms in total. The van der Waals surface area contributed by atoms with Crippen molar-refractivity contribution in [3.63, 3.8) is 0 Å². The van der Waals surface area contributed by atoms with Gasteiger partial charge in [-0.2, -0.15) is 0 Å². The lowest BCUT2D eigenvalue weighted by Crippen LogP contribution is -2.03. The van der Waals surface area contributed by atoms with Crippen molar-refractivity contribution in [3.8, 4) is 0 Å². The molecule has 0 aliphatic carbocycles.